The molecule has 1 aliphatic rings. The first-order valence-corrected chi connectivity index (χ1v) is 12.4. The highest BCUT2D eigenvalue weighted by Gasteiger charge is 2.40. The Morgan fingerprint density at radius 2 is 2.12 bits per heavy atom. The molecule has 0 radical (unpaired) electrons. The second-order valence-electron chi connectivity index (χ2n) is 8.39. The Balaban J connectivity index is 1.35. The number of halogens is 1. The molecule has 0 unspecified atom stereocenters. The van der Waals surface area contributed by atoms with Crippen LogP contribution < -0.4 is 9.47 Å². The van der Waals surface area contributed by atoms with Crippen LogP contribution in [0.2, 0.25) is 5.02 Å². The van der Waals surface area contributed by atoms with Crippen LogP contribution in [0, 0.1) is 5.41 Å². The molecule has 0 bridgehead atoms. The van der Waals surface area contributed by atoms with Crippen LogP contribution >= 0.6 is 22.9 Å². The topological polar surface area (TPSA) is 84.8 Å². The minimum Gasteiger partial charge on any atom is -0.497 e. The van der Waals surface area contributed by atoms with E-state index in [9.17, 15) is 9.90 Å². The van der Waals surface area contributed by atoms with Gasteiger partial charge in [0, 0.05) is 29.7 Å². The summed E-state index contributed by atoms with van der Waals surface area (Å²) in [7, 11) is 1.63. The number of fused-ring (bicyclic) bond motifs is 1. The van der Waals surface area contributed by atoms with Crippen LogP contribution in [0.1, 0.15) is 31.2 Å². The number of thiazole rings is 1. The molecule has 0 atom stereocenters. The van der Waals surface area contributed by atoms with E-state index in [4.69, 9.17) is 21.1 Å². The summed E-state index contributed by atoms with van der Waals surface area (Å²) < 4.78 is 11.0. The molecule has 9 heteroatoms. The molecule has 1 fully saturated rings. The van der Waals surface area contributed by atoms with Gasteiger partial charge in [-0.25, -0.2) is 4.98 Å². The van der Waals surface area contributed by atoms with Crippen molar-refractivity contribution in [3.63, 3.8) is 0 Å². The van der Waals surface area contributed by atoms with Gasteiger partial charge in [-0.05, 0) is 69.0 Å². The number of hydrogen-bond donors (Lipinski definition) is 1. The standard InChI is InChI=1S/C24H28ClN3O4S/c1-31-17-4-5-21-19(15-17)18(20(25)16-27-21)3-2-6-24(22(29)30)7-10-28(11-8-24)12-13-32-23-26-9-14-33-23/h4-5,9,14-16H,2-3,6-8,10-13H2,1H3,(H,29,30). The number of likely N-dealkylation sites (tertiary alicyclic amines) is 1. The summed E-state index contributed by atoms with van der Waals surface area (Å²) in [6.07, 6.45) is 6.73. The molecule has 1 saturated heterocycles. The fourth-order valence-electron chi connectivity index (χ4n) is 4.51. The number of carbonyl (C=O) groups is 1. The maximum atomic E-state index is 12.3. The smallest absolute Gasteiger partial charge is 0.309 e. The highest BCUT2D eigenvalue weighted by atomic mass is 35.5. The van der Waals surface area contributed by atoms with Crippen molar-refractivity contribution in [1.29, 1.82) is 0 Å². The lowest BCUT2D eigenvalue weighted by molar-refractivity contribution is -0.152. The van der Waals surface area contributed by atoms with Crippen LogP contribution in [0.3, 0.4) is 0 Å². The molecule has 0 amide bonds. The Bertz CT molecular complexity index is 1080. The van der Waals surface area contributed by atoms with Gasteiger partial charge in [0.2, 0.25) is 0 Å². The number of pyridine rings is 1. The molecular formula is C24H28ClN3O4S. The van der Waals surface area contributed by atoms with E-state index in [1.54, 1.807) is 19.5 Å². The van der Waals surface area contributed by atoms with Crippen molar-refractivity contribution in [1.82, 2.24) is 14.9 Å². The van der Waals surface area contributed by atoms with Gasteiger partial charge in [0.15, 0.2) is 0 Å². The van der Waals surface area contributed by atoms with Crippen LogP contribution in [0.4, 0.5) is 0 Å². The largest absolute Gasteiger partial charge is 0.497 e. The zero-order chi connectivity index (χ0) is 23.3. The minimum absolute atomic E-state index is 0.560. The van der Waals surface area contributed by atoms with Crippen molar-refractivity contribution in [2.75, 3.05) is 33.4 Å². The summed E-state index contributed by atoms with van der Waals surface area (Å²) >= 11 is 7.95. The van der Waals surface area contributed by atoms with Crippen molar-refractivity contribution in [3.05, 3.63) is 46.6 Å². The van der Waals surface area contributed by atoms with E-state index in [0.717, 1.165) is 48.3 Å². The second-order valence-corrected chi connectivity index (χ2v) is 9.66. The molecule has 33 heavy (non-hydrogen) atoms. The molecular weight excluding hydrogens is 462 g/mol. The van der Waals surface area contributed by atoms with Gasteiger partial charge in [-0.3, -0.25) is 14.7 Å². The fourth-order valence-corrected chi connectivity index (χ4v) is 5.26. The molecule has 1 N–H and O–H groups in total. The van der Waals surface area contributed by atoms with Crippen molar-refractivity contribution in [2.24, 2.45) is 5.41 Å². The molecule has 4 rings (SSSR count). The number of aromatic nitrogens is 2. The number of methoxy groups -OCH3 is 1. The fraction of sp³-hybridized carbons (Fsp3) is 0.458. The Labute approximate surface area is 202 Å². The second kappa shape index (κ2) is 10.7. The van der Waals surface area contributed by atoms with E-state index in [0.29, 0.717) is 42.5 Å². The van der Waals surface area contributed by atoms with Crippen LogP contribution in [0.25, 0.3) is 10.9 Å². The lowest BCUT2D eigenvalue weighted by Crippen LogP contribution is -2.45. The van der Waals surface area contributed by atoms with E-state index in [2.05, 4.69) is 14.9 Å². The molecule has 0 saturated carbocycles. The lowest BCUT2D eigenvalue weighted by atomic mass is 9.74. The van der Waals surface area contributed by atoms with Crippen LogP contribution in [-0.2, 0) is 11.2 Å². The number of benzene rings is 1. The van der Waals surface area contributed by atoms with Crippen LogP contribution in [0.5, 0.6) is 10.9 Å². The maximum absolute atomic E-state index is 12.3. The molecule has 7 nitrogen and oxygen atoms in total. The predicted molar refractivity (Wildman–Crippen MR) is 130 cm³/mol. The predicted octanol–water partition coefficient (Wildman–Crippen LogP) is 4.92. The third-order valence-electron chi connectivity index (χ3n) is 6.53. The first kappa shape index (κ1) is 23.7. The molecule has 0 spiro atoms. The van der Waals surface area contributed by atoms with Crippen LogP contribution in [-0.4, -0.2) is 59.3 Å². The normalized spacial score (nSPS) is 16.1. The van der Waals surface area contributed by atoms with Crippen LogP contribution in [0.15, 0.2) is 36.0 Å². The van der Waals surface area contributed by atoms with Gasteiger partial charge in [0.25, 0.3) is 5.19 Å². The number of aryl methyl sites for hydroxylation is 1. The summed E-state index contributed by atoms with van der Waals surface area (Å²) in [6.45, 7) is 2.84. The summed E-state index contributed by atoms with van der Waals surface area (Å²) in [4.78, 5) is 23.1. The van der Waals surface area contributed by atoms with E-state index in [-0.39, 0.29) is 0 Å². The monoisotopic (exact) mass is 489 g/mol. The third kappa shape index (κ3) is 5.57. The number of carboxylic acid groups (broad SMARTS) is 1. The number of aliphatic carboxylic acids is 1. The molecule has 3 heterocycles. The van der Waals surface area contributed by atoms with Crippen molar-refractivity contribution in [3.8, 4) is 10.9 Å². The molecule has 3 aromatic rings. The molecule has 1 aromatic carbocycles. The van der Waals surface area contributed by atoms with E-state index in [1.165, 1.54) is 11.3 Å². The molecule has 1 aliphatic heterocycles. The Morgan fingerprint density at radius 1 is 1.30 bits per heavy atom. The summed E-state index contributed by atoms with van der Waals surface area (Å²) in [5.41, 5.74) is 1.16. The average Bonchev–Trinajstić information content (AvgIpc) is 3.34. The Kier molecular flexibility index (Phi) is 7.67. The first-order chi connectivity index (χ1) is 16.0. The number of ether oxygens (including phenoxy) is 2. The summed E-state index contributed by atoms with van der Waals surface area (Å²) in [6, 6.07) is 5.74. The SMILES string of the molecule is COc1ccc2ncc(Cl)c(CCCC3(C(=O)O)CCN(CCOc4nccs4)CC3)c2c1. The Morgan fingerprint density at radius 3 is 2.82 bits per heavy atom. The summed E-state index contributed by atoms with van der Waals surface area (Å²) in [5.74, 6) is 0.0505. The van der Waals surface area contributed by atoms with Gasteiger partial charge in [0.05, 0.1) is 23.1 Å². The molecule has 176 valence electrons. The third-order valence-corrected chi connectivity index (χ3v) is 7.53. The minimum atomic E-state index is -0.700. The zero-order valence-corrected chi connectivity index (χ0v) is 20.2. The number of rotatable bonds is 10. The van der Waals surface area contributed by atoms with Gasteiger partial charge < -0.3 is 14.6 Å². The molecule has 0 aliphatic carbocycles. The summed E-state index contributed by atoms with van der Waals surface area (Å²) in [5, 5.41) is 14.2. The van der Waals surface area contributed by atoms with Crippen molar-refractivity contribution >= 4 is 39.8 Å². The lowest BCUT2D eigenvalue weighted by Gasteiger charge is -2.39. The van der Waals surface area contributed by atoms with E-state index >= 15 is 0 Å². The average molecular weight is 490 g/mol. The number of carboxylic acids is 1. The van der Waals surface area contributed by atoms with Gasteiger partial charge in [0.1, 0.15) is 12.4 Å². The maximum Gasteiger partial charge on any atom is 0.309 e. The Hall–Kier alpha value is -2.42. The number of piperidine rings is 1. The van der Waals surface area contributed by atoms with E-state index in [1.807, 2.05) is 23.6 Å². The quantitative estimate of drug-likeness (QED) is 0.432. The van der Waals surface area contributed by atoms with Gasteiger partial charge in [-0.15, -0.1) is 0 Å². The molecule has 2 aromatic heterocycles. The highest BCUT2D eigenvalue weighted by molar-refractivity contribution is 7.11. The van der Waals surface area contributed by atoms with Crippen molar-refractivity contribution < 1.29 is 19.4 Å². The number of nitrogens with zero attached hydrogens (tertiary/aromatic N) is 3. The van der Waals surface area contributed by atoms with Crippen molar-refractivity contribution in [2.45, 2.75) is 32.1 Å². The van der Waals surface area contributed by atoms with Gasteiger partial charge in [-0.2, -0.15) is 0 Å². The zero-order valence-electron chi connectivity index (χ0n) is 18.6. The van der Waals surface area contributed by atoms with Gasteiger partial charge >= 0.3 is 5.97 Å². The first-order valence-electron chi connectivity index (χ1n) is 11.1. The van der Waals surface area contributed by atoms with Gasteiger partial charge in [-0.1, -0.05) is 22.9 Å². The van der Waals surface area contributed by atoms with E-state index < -0.39 is 11.4 Å². The number of hydrogen-bond acceptors (Lipinski definition) is 7. The highest BCUT2D eigenvalue weighted by Crippen LogP contribution is 2.38.